The van der Waals surface area contributed by atoms with Gasteiger partial charge in [0.2, 0.25) is 0 Å². The van der Waals surface area contributed by atoms with Gasteiger partial charge in [-0.15, -0.1) is 0 Å². The minimum absolute atomic E-state index is 0.851. The Hall–Kier alpha value is -0.0800. The maximum absolute atomic E-state index is 3.71. The van der Waals surface area contributed by atoms with E-state index < -0.39 is 0 Å². The number of nitrogens with zero attached hydrogens (tertiary/aromatic N) is 1. The lowest BCUT2D eigenvalue weighted by molar-refractivity contribution is 0.0397. The van der Waals surface area contributed by atoms with E-state index in [0.29, 0.717) is 0 Å². The first-order valence-corrected chi connectivity index (χ1v) is 6.87. The molecule has 0 aromatic rings. The van der Waals surface area contributed by atoms with Gasteiger partial charge in [-0.3, -0.25) is 0 Å². The second-order valence-electron chi connectivity index (χ2n) is 5.78. The van der Waals surface area contributed by atoms with E-state index >= 15 is 0 Å². The summed E-state index contributed by atoms with van der Waals surface area (Å²) in [5.41, 5.74) is 0. The molecule has 2 heteroatoms. The summed E-state index contributed by atoms with van der Waals surface area (Å²) in [4.78, 5) is 2.69. The van der Waals surface area contributed by atoms with Gasteiger partial charge in [0.05, 0.1) is 0 Å². The first-order chi connectivity index (χ1) is 7.42. The van der Waals surface area contributed by atoms with Gasteiger partial charge in [-0.1, -0.05) is 6.42 Å². The number of rotatable bonds is 2. The zero-order valence-electron chi connectivity index (χ0n) is 9.75. The van der Waals surface area contributed by atoms with E-state index in [1.165, 1.54) is 64.7 Å². The molecule has 4 aliphatic heterocycles. The predicted molar refractivity (Wildman–Crippen MR) is 62.9 cm³/mol. The number of piperidine rings is 4. The Balaban J connectivity index is 1.54. The first kappa shape index (κ1) is 10.1. The summed E-state index contributed by atoms with van der Waals surface area (Å²) in [6, 6.07) is 0.851. The van der Waals surface area contributed by atoms with Crippen LogP contribution in [0.25, 0.3) is 0 Å². The van der Waals surface area contributed by atoms with Gasteiger partial charge in [-0.25, -0.2) is 0 Å². The summed E-state index contributed by atoms with van der Waals surface area (Å²) in [7, 11) is 0. The molecule has 4 heterocycles. The normalized spacial score (nSPS) is 45.6. The topological polar surface area (TPSA) is 15.3 Å². The summed E-state index contributed by atoms with van der Waals surface area (Å²) >= 11 is 0. The maximum atomic E-state index is 3.71. The van der Waals surface area contributed by atoms with E-state index in [4.69, 9.17) is 0 Å². The Labute approximate surface area is 93.4 Å². The van der Waals surface area contributed by atoms with Gasteiger partial charge in [0.1, 0.15) is 0 Å². The molecular weight excluding hydrogens is 184 g/mol. The molecule has 4 aliphatic rings. The van der Waals surface area contributed by atoms with Crippen molar-refractivity contribution in [1.29, 1.82) is 0 Å². The van der Waals surface area contributed by atoms with Crippen LogP contribution in [-0.2, 0) is 0 Å². The molecule has 86 valence electrons. The number of nitrogens with one attached hydrogen (secondary N) is 1. The molecule has 4 saturated heterocycles. The Morgan fingerprint density at radius 3 is 2.53 bits per heavy atom. The SMILES string of the molecule is C1CC[C@H](C[C@H]2CN3CCC2CC3)NC1. The molecule has 0 unspecified atom stereocenters. The lowest BCUT2D eigenvalue weighted by Crippen LogP contribution is -2.49. The molecule has 0 spiro atoms. The lowest BCUT2D eigenvalue weighted by atomic mass is 9.75. The van der Waals surface area contributed by atoms with Gasteiger partial charge in [-0.2, -0.15) is 0 Å². The van der Waals surface area contributed by atoms with Crippen LogP contribution in [0.1, 0.15) is 38.5 Å². The van der Waals surface area contributed by atoms with Crippen molar-refractivity contribution >= 4 is 0 Å². The molecule has 1 N–H and O–H groups in total. The van der Waals surface area contributed by atoms with Gasteiger partial charge < -0.3 is 10.2 Å². The lowest BCUT2D eigenvalue weighted by Gasteiger charge is -2.46. The maximum Gasteiger partial charge on any atom is 0.00702 e. The molecule has 0 aromatic carbocycles. The van der Waals surface area contributed by atoms with Crippen LogP contribution in [0.3, 0.4) is 0 Å². The van der Waals surface area contributed by atoms with Crippen LogP contribution in [0.2, 0.25) is 0 Å². The molecule has 0 aromatic heterocycles. The van der Waals surface area contributed by atoms with Gasteiger partial charge in [0.15, 0.2) is 0 Å². The smallest absolute Gasteiger partial charge is 0.00702 e. The Kier molecular flexibility index (Phi) is 2.98. The van der Waals surface area contributed by atoms with Crippen LogP contribution in [0.15, 0.2) is 0 Å². The zero-order valence-corrected chi connectivity index (χ0v) is 9.75. The van der Waals surface area contributed by atoms with Gasteiger partial charge >= 0.3 is 0 Å². The monoisotopic (exact) mass is 208 g/mol. The number of fused-ring (bicyclic) bond motifs is 3. The molecule has 0 radical (unpaired) electrons. The predicted octanol–water partition coefficient (Wildman–Crippen LogP) is 1.86. The second-order valence-corrected chi connectivity index (χ2v) is 5.78. The van der Waals surface area contributed by atoms with E-state index in [-0.39, 0.29) is 0 Å². The van der Waals surface area contributed by atoms with E-state index in [1.807, 2.05) is 0 Å². The van der Waals surface area contributed by atoms with Crippen molar-refractivity contribution in [1.82, 2.24) is 10.2 Å². The molecule has 4 fully saturated rings. The summed E-state index contributed by atoms with van der Waals surface area (Å²) in [6.07, 6.45) is 8.72. The molecule has 15 heavy (non-hydrogen) atoms. The fourth-order valence-electron chi connectivity index (χ4n) is 3.85. The molecular formula is C13H24N2. The van der Waals surface area contributed by atoms with E-state index in [1.54, 1.807) is 0 Å². The third kappa shape index (κ3) is 2.21. The third-order valence-electron chi connectivity index (χ3n) is 4.79. The largest absolute Gasteiger partial charge is 0.314 e. The molecule has 0 amide bonds. The molecule has 2 atom stereocenters. The van der Waals surface area contributed by atoms with Crippen molar-refractivity contribution in [2.45, 2.75) is 44.6 Å². The summed E-state index contributed by atoms with van der Waals surface area (Å²) < 4.78 is 0. The standard InChI is InChI=1S/C13H24N2/c1-2-6-14-13(3-1)9-12-10-15-7-4-11(12)5-8-15/h11-14H,1-10H2/t12-,13+/m0/s1. The number of hydrogen-bond donors (Lipinski definition) is 1. The zero-order chi connectivity index (χ0) is 10.1. The van der Waals surface area contributed by atoms with Crippen molar-refractivity contribution in [3.63, 3.8) is 0 Å². The third-order valence-corrected chi connectivity index (χ3v) is 4.79. The van der Waals surface area contributed by atoms with Crippen LogP contribution in [-0.4, -0.2) is 37.1 Å². The minimum atomic E-state index is 0.851. The van der Waals surface area contributed by atoms with Crippen molar-refractivity contribution in [3.05, 3.63) is 0 Å². The first-order valence-electron chi connectivity index (χ1n) is 6.87. The van der Waals surface area contributed by atoms with E-state index in [9.17, 15) is 0 Å². The number of hydrogen-bond acceptors (Lipinski definition) is 2. The van der Waals surface area contributed by atoms with Crippen LogP contribution in [0.5, 0.6) is 0 Å². The molecule has 2 nitrogen and oxygen atoms in total. The highest BCUT2D eigenvalue weighted by Crippen LogP contribution is 2.35. The van der Waals surface area contributed by atoms with Crippen LogP contribution < -0.4 is 5.32 Å². The average Bonchev–Trinajstić information content (AvgIpc) is 2.32. The van der Waals surface area contributed by atoms with Crippen LogP contribution >= 0.6 is 0 Å². The van der Waals surface area contributed by atoms with E-state index in [0.717, 1.165) is 17.9 Å². The van der Waals surface area contributed by atoms with Gasteiger partial charge in [-0.05, 0) is 63.6 Å². The van der Waals surface area contributed by atoms with E-state index in [2.05, 4.69) is 10.2 Å². The molecule has 2 bridgehead atoms. The van der Waals surface area contributed by atoms with Crippen molar-refractivity contribution < 1.29 is 0 Å². The quantitative estimate of drug-likeness (QED) is 0.745. The van der Waals surface area contributed by atoms with Gasteiger partial charge in [0, 0.05) is 12.6 Å². The minimum Gasteiger partial charge on any atom is -0.314 e. The summed E-state index contributed by atoms with van der Waals surface area (Å²) in [5.74, 6) is 2.09. The summed E-state index contributed by atoms with van der Waals surface area (Å²) in [5, 5.41) is 3.71. The molecule has 0 aliphatic carbocycles. The Morgan fingerprint density at radius 2 is 1.93 bits per heavy atom. The average molecular weight is 208 g/mol. The van der Waals surface area contributed by atoms with Crippen molar-refractivity contribution in [3.8, 4) is 0 Å². The summed E-state index contributed by atoms with van der Waals surface area (Å²) in [6.45, 7) is 5.45. The molecule has 4 rings (SSSR count). The van der Waals surface area contributed by atoms with Crippen molar-refractivity contribution in [2.75, 3.05) is 26.2 Å². The highest BCUT2D eigenvalue weighted by atomic mass is 15.1. The Bertz CT molecular complexity index is 203. The van der Waals surface area contributed by atoms with Crippen LogP contribution in [0.4, 0.5) is 0 Å². The van der Waals surface area contributed by atoms with Crippen molar-refractivity contribution in [2.24, 2.45) is 11.8 Å². The molecule has 0 saturated carbocycles. The fraction of sp³-hybridized carbons (Fsp3) is 1.00. The second kappa shape index (κ2) is 4.42. The Morgan fingerprint density at radius 1 is 1.07 bits per heavy atom. The highest BCUT2D eigenvalue weighted by Gasteiger charge is 2.35. The highest BCUT2D eigenvalue weighted by molar-refractivity contribution is 4.89. The van der Waals surface area contributed by atoms with Crippen LogP contribution in [0, 0.1) is 11.8 Å². The van der Waals surface area contributed by atoms with Gasteiger partial charge in [0.25, 0.3) is 0 Å². The fourth-order valence-corrected chi connectivity index (χ4v) is 3.85.